The van der Waals surface area contributed by atoms with Gasteiger partial charge in [-0.2, -0.15) is 0 Å². The summed E-state index contributed by atoms with van der Waals surface area (Å²) in [6, 6.07) is 9.62. The van der Waals surface area contributed by atoms with Crippen molar-refractivity contribution in [2.45, 2.75) is 18.9 Å². The molecule has 0 unspecified atom stereocenters. The van der Waals surface area contributed by atoms with Crippen LogP contribution in [0.25, 0.3) is 11.3 Å². The fourth-order valence-electron chi connectivity index (χ4n) is 2.88. The molecule has 1 fully saturated rings. The largest absolute Gasteiger partial charge is 0.496 e. The monoisotopic (exact) mass is 326 g/mol. The normalized spacial score (nSPS) is 17.3. The summed E-state index contributed by atoms with van der Waals surface area (Å²) in [4.78, 5) is 0. The fourth-order valence-corrected chi connectivity index (χ4v) is 2.88. The first-order valence-electron chi connectivity index (χ1n) is 7.90. The van der Waals surface area contributed by atoms with Crippen molar-refractivity contribution in [2.24, 2.45) is 0 Å². The second-order valence-corrected chi connectivity index (χ2v) is 5.78. The Morgan fingerprint density at radius 3 is 3.08 bits per heavy atom. The quantitative estimate of drug-likeness (QED) is 0.717. The van der Waals surface area contributed by atoms with E-state index < -0.39 is 0 Å². The summed E-state index contributed by atoms with van der Waals surface area (Å²) < 4.78 is 18.0. The smallest absolute Gasteiger partial charge is 0.158 e. The standard InChI is InChI=1S/C17H18N4O3/c1-22-17-5-3-2-4-14(17)15-8-13(24-19-15)9-21-10-16(18-20-21)12-6-7-23-11-12/h2-5,8,10,12H,6-7,9,11H2,1H3/t12-/m1/s1. The van der Waals surface area contributed by atoms with Crippen molar-refractivity contribution in [1.82, 2.24) is 20.2 Å². The van der Waals surface area contributed by atoms with Crippen molar-refractivity contribution in [2.75, 3.05) is 20.3 Å². The molecule has 24 heavy (non-hydrogen) atoms. The van der Waals surface area contributed by atoms with Gasteiger partial charge in [0.1, 0.15) is 18.0 Å². The minimum atomic E-state index is 0.345. The van der Waals surface area contributed by atoms with Crippen LogP contribution in [0.4, 0.5) is 0 Å². The minimum absolute atomic E-state index is 0.345. The number of benzene rings is 1. The molecule has 1 aliphatic heterocycles. The summed E-state index contributed by atoms with van der Waals surface area (Å²) in [5, 5.41) is 12.5. The third-order valence-electron chi connectivity index (χ3n) is 4.16. The first kappa shape index (κ1) is 14.9. The van der Waals surface area contributed by atoms with Crippen molar-refractivity contribution < 1.29 is 14.0 Å². The molecule has 1 aliphatic rings. The summed E-state index contributed by atoms with van der Waals surface area (Å²) >= 11 is 0. The second kappa shape index (κ2) is 6.45. The van der Waals surface area contributed by atoms with Crippen LogP contribution in [0, 0.1) is 0 Å². The summed E-state index contributed by atoms with van der Waals surface area (Å²) in [6.45, 7) is 2.00. The van der Waals surface area contributed by atoms with Crippen LogP contribution in [0.3, 0.4) is 0 Å². The first-order valence-corrected chi connectivity index (χ1v) is 7.90. The van der Waals surface area contributed by atoms with Crippen molar-refractivity contribution in [1.29, 1.82) is 0 Å². The third kappa shape index (κ3) is 2.90. The van der Waals surface area contributed by atoms with Gasteiger partial charge in [0.05, 0.1) is 19.4 Å². The molecular weight excluding hydrogens is 308 g/mol. The number of nitrogens with zero attached hydrogens (tertiary/aromatic N) is 4. The highest BCUT2D eigenvalue weighted by atomic mass is 16.5. The summed E-state index contributed by atoms with van der Waals surface area (Å²) in [5.41, 5.74) is 2.61. The SMILES string of the molecule is COc1ccccc1-c1cc(Cn2cc([C@@H]3CCOC3)nn2)on1. The topological polar surface area (TPSA) is 75.2 Å². The minimum Gasteiger partial charge on any atom is -0.496 e. The zero-order valence-electron chi connectivity index (χ0n) is 13.4. The highest BCUT2D eigenvalue weighted by Crippen LogP contribution is 2.29. The molecule has 3 aromatic rings. The molecule has 0 saturated carbocycles. The van der Waals surface area contributed by atoms with Crippen LogP contribution in [0.1, 0.15) is 23.8 Å². The number of hydrogen-bond donors (Lipinski definition) is 0. The van der Waals surface area contributed by atoms with Crippen molar-refractivity contribution in [3.63, 3.8) is 0 Å². The average molecular weight is 326 g/mol. The predicted octanol–water partition coefficient (Wildman–Crippen LogP) is 2.49. The van der Waals surface area contributed by atoms with E-state index in [-0.39, 0.29) is 0 Å². The Balaban J connectivity index is 1.51. The Morgan fingerprint density at radius 2 is 2.25 bits per heavy atom. The Kier molecular flexibility index (Phi) is 4.00. The highest BCUT2D eigenvalue weighted by molar-refractivity contribution is 5.66. The van der Waals surface area contributed by atoms with E-state index in [2.05, 4.69) is 15.5 Å². The average Bonchev–Trinajstić information content (AvgIpc) is 3.36. The molecule has 124 valence electrons. The summed E-state index contributed by atoms with van der Waals surface area (Å²) in [7, 11) is 1.64. The molecule has 2 aromatic heterocycles. The molecule has 0 radical (unpaired) electrons. The second-order valence-electron chi connectivity index (χ2n) is 5.78. The summed E-state index contributed by atoms with van der Waals surface area (Å²) in [6.07, 6.45) is 2.95. The lowest BCUT2D eigenvalue weighted by atomic mass is 10.1. The molecule has 3 heterocycles. The van der Waals surface area contributed by atoms with Gasteiger partial charge < -0.3 is 14.0 Å². The number of aromatic nitrogens is 4. The van der Waals surface area contributed by atoms with Gasteiger partial charge >= 0.3 is 0 Å². The Morgan fingerprint density at radius 1 is 1.33 bits per heavy atom. The zero-order valence-corrected chi connectivity index (χ0v) is 13.4. The molecule has 4 rings (SSSR count). The highest BCUT2D eigenvalue weighted by Gasteiger charge is 2.21. The van der Waals surface area contributed by atoms with E-state index in [1.54, 1.807) is 11.8 Å². The molecule has 1 atom stereocenters. The van der Waals surface area contributed by atoms with E-state index in [0.717, 1.165) is 48.1 Å². The Labute approximate surface area is 139 Å². The van der Waals surface area contributed by atoms with E-state index in [9.17, 15) is 0 Å². The number of ether oxygens (including phenoxy) is 2. The van der Waals surface area contributed by atoms with Crippen LogP contribution in [0.5, 0.6) is 5.75 Å². The molecule has 7 nitrogen and oxygen atoms in total. The van der Waals surface area contributed by atoms with Gasteiger partial charge in [-0.3, -0.25) is 0 Å². The van der Waals surface area contributed by atoms with Crippen molar-refractivity contribution >= 4 is 0 Å². The third-order valence-corrected chi connectivity index (χ3v) is 4.16. The van der Waals surface area contributed by atoms with Crippen LogP contribution in [-0.4, -0.2) is 40.5 Å². The lowest BCUT2D eigenvalue weighted by Gasteiger charge is -2.03. The fraction of sp³-hybridized carbons (Fsp3) is 0.353. The van der Waals surface area contributed by atoms with E-state index in [4.69, 9.17) is 14.0 Å². The maximum atomic E-state index is 5.44. The van der Waals surface area contributed by atoms with Gasteiger partial charge in [0.15, 0.2) is 5.76 Å². The van der Waals surface area contributed by atoms with Crippen LogP contribution in [-0.2, 0) is 11.3 Å². The van der Waals surface area contributed by atoms with Crippen LogP contribution < -0.4 is 4.74 Å². The number of methoxy groups -OCH3 is 1. The van der Waals surface area contributed by atoms with E-state index in [1.165, 1.54) is 0 Å². The molecular formula is C17H18N4O3. The van der Waals surface area contributed by atoms with Gasteiger partial charge in [-0.25, -0.2) is 4.68 Å². The van der Waals surface area contributed by atoms with Gasteiger partial charge in [0.25, 0.3) is 0 Å². The predicted molar refractivity (Wildman–Crippen MR) is 85.8 cm³/mol. The van der Waals surface area contributed by atoms with E-state index in [1.807, 2.05) is 36.5 Å². The molecule has 0 N–H and O–H groups in total. The lowest BCUT2D eigenvalue weighted by molar-refractivity contribution is 0.193. The molecule has 1 saturated heterocycles. The Bertz CT molecular complexity index is 821. The maximum absolute atomic E-state index is 5.44. The van der Waals surface area contributed by atoms with Gasteiger partial charge in [0, 0.05) is 30.4 Å². The lowest BCUT2D eigenvalue weighted by Crippen LogP contribution is -1.99. The molecule has 7 heteroatoms. The number of para-hydroxylation sites is 1. The molecule has 1 aromatic carbocycles. The molecule has 0 aliphatic carbocycles. The van der Waals surface area contributed by atoms with E-state index >= 15 is 0 Å². The van der Waals surface area contributed by atoms with Crippen LogP contribution in [0.2, 0.25) is 0 Å². The van der Waals surface area contributed by atoms with Gasteiger partial charge in [-0.05, 0) is 18.6 Å². The summed E-state index contributed by atoms with van der Waals surface area (Å²) in [5.74, 6) is 1.83. The van der Waals surface area contributed by atoms with Crippen LogP contribution in [0.15, 0.2) is 41.1 Å². The van der Waals surface area contributed by atoms with Crippen molar-refractivity contribution in [3.8, 4) is 17.0 Å². The number of hydrogen-bond acceptors (Lipinski definition) is 6. The first-order chi connectivity index (χ1) is 11.8. The van der Waals surface area contributed by atoms with Crippen LogP contribution >= 0.6 is 0 Å². The van der Waals surface area contributed by atoms with Gasteiger partial charge in [-0.15, -0.1) is 5.10 Å². The van der Waals surface area contributed by atoms with Gasteiger partial charge in [0.2, 0.25) is 0 Å². The maximum Gasteiger partial charge on any atom is 0.158 e. The van der Waals surface area contributed by atoms with Gasteiger partial charge in [-0.1, -0.05) is 22.5 Å². The molecule has 0 amide bonds. The number of rotatable bonds is 5. The molecule has 0 spiro atoms. The van der Waals surface area contributed by atoms with E-state index in [0.29, 0.717) is 12.5 Å². The van der Waals surface area contributed by atoms with Crippen molar-refractivity contribution in [3.05, 3.63) is 48.0 Å². The zero-order chi connectivity index (χ0) is 16.4. The molecule has 0 bridgehead atoms. The Hall–Kier alpha value is -2.67.